The normalized spacial score (nSPS) is 11.7. The number of hydrogen-bond donors (Lipinski definition) is 3. The molecule has 0 radical (unpaired) electrons. The largest absolute Gasteiger partial charge is 0.508 e. The Labute approximate surface area is 228 Å². The first kappa shape index (κ1) is 27.5. The van der Waals surface area contributed by atoms with Gasteiger partial charge in [0.15, 0.2) is 5.78 Å². The summed E-state index contributed by atoms with van der Waals surface area (Å²) in [5.74, 6) is -0.641. The van der Waals surface area contributed by atoms with E-state index in [4.69, 9.17) is 4.74 Å². The predicted octanol–water partition coefficient (Wildman–Crippen LogP) is 7.44. The smallest absolute Gasteiger partial charge is 0.339 e. The molecule has 0 fully saturated rings. The number of phenols is 2. The van der Waals surface area contributed by atoms with Gasteiger partial charge in [0.05, 0.1) is 5.56 Å². The monoisotopic (exact) mass is 524 g/mol. The van der Waals surface area contributed by atoms with Crippen LogP contribution < -0.4 is 4.74 Å². The molecule has 0 atom stereocenters. The summed E-state index contributed by atoms with van der Waals surface area (Å²) in [5, 5.41) is 29.3. The van der Waals surface area contributed by atoms with E-state index in [1.54, 1.807) is 60.7 Å². The molecule has 39 heavy (non-hydrogen) atoms. The van der Waals surface area contributed by atoms with Gasteiger partial charge in [-0.25, -0.2) is 4.79 Å². The van der Waals surface area contributed by atoms with Crippen LogP contribution in [0.5, 0.6) is 23.0 Å². The third kappa shape index (κ3) is 5.50. The van der Waals surface area contributed by atoms with E-state index < -0.39 is 16.8 Å². The van der Waals surface area contributed by atoms with Crippen LogP contribution in [0, 0.1) is 0 Å². The van der Waals surface area contributed by atoms with Crippen LogP contribution in [0.2, 0.25) is 0 Å². The molecule has 0 aliphatic heterocycles. The van der Waals surface area contributed by atoms with Gasteiger partial charge >= 0.3 is 5.97 Å². The van der Waals surface area contributed by atoms with Gasteiger partial charge in [0, 0.05) is 10.8 Å². The minimum Gasteiger partial charge on any atom is -0.508 e. The molecule has 0 spiro atoms. The van der Waals surface area contributed by atoms with Gasteiger partial charge in [0.2, 0.25) is 0 Å². The maximum Gasteiger partial charge on any atom is 0.339 e. The van der Waals surface area contributed by atoms with Crippen LogP contribution in [0.1, 0.15) is 77.6 Å². The quantitative estimate of drug-likeness (QED) is 0.207. The van der Waals surface area contributed by atoms with Gasteiger partial charge in [-0.05, 0) is 77.7 Å². The first-order chi connectivity index (χ1) is 18.3. The SMILES string of the molecule is CC(=O)c1cc(C(C)(C)c2ccc(O)cc2)ccc1Oc1ccc(C(C)(C)c2ccc(O)cc2)cc1C(=O)O. The summed E-state index contributed by atoms with van der Waals surface area (Å²) in [5.41, 5.74) is 2.81. The molecule has 6 heteroatoms. The zero-order valence-corrected chi connectivity index (χ0v) is 22.6. The molecule has 3 N–H and O–H groups in total. The lowest BCUT2D eigenvalue weighted by Crippen LogP contribution is -2.20. The summed E-state index contributed by atoms with van der Waals surface area (Å²) >= 11 is 0. The summed E-state index contributed by atoms with van der Waals surface area (Å²) in [6, 6.07) is 24.1. The van der Waals surface area contributed by atoms with Crippen LogP contribution in [0.4, 0.5) is 0 Å². The van der Waals surface area contributed by atoms with Crippen LogP contribution >= 0.6 is 0 Å². The summed E-state index contributed by atoms with van der Waals surface area (Å²) in [6.07, 6.45) is 0. The molecule has 0 aliphatic carbocycles. The zero-order chi connectivity index (χ0) is 28.5. The molecule has 0 saturated heterocycles. The molecule has 6 nitrogen and oxygen atoms in total. The number of carboxylic acids is 1. The maximum absolute atomic E-state index is 12.7. The molecule has 0 heterocycles. The minimum atomic E-state index is -1.15. The topological polar surface area (TPSA) is 104 Å². The van der Waals surface area contributed by atoms with Crippen molar-refractivity contribution in [2.75, 3.05) is 0 Å². The molecular formula is C33H32O6. The van der Waals surface area contributed by atoms with Crippen LogP contribution in [-0.2, 0) is 10.8 Å². The van der Waals surface area contributed by atoms with Gasteiger partial charge in [-0.3, -0.25) is 4.79 Å². The Morgan fingerprint density at radius 2 is 0.949 bits per heavy atom. The Morgan fingerprint density at radius 1 is 0.590 bits per heavy atom. The number of hydrogen-bond acceptors (Lipinski definition) is 5. The number of rotatable bonds is 8. The van der Waals surface area contributed by atoms with Gasteiger partial charge < -0.3 is 20.1 Å². The number of phenolic OH excluding ortho intramolecular Hbond substituents is 2. The number of benzene rings is 4. The molecule has 0 aromatic heterocycles. The number of ketones is 1. The Hall–Kier alpha value is -4.58. The lowest BCUT2D eigenvalue weighted by atomic mass is 9.77. The van der Waals surface area contributed by atoms with Crippen molar-refractivity contribution in [3.8, 4) is 23.0 Å². The van der Waals surface area contributed by atoms with Crippen LogP contribution in [0.15, 0.2) is 84.9 Å². The highest BCUT2D eigenvalue weighted by Crippen LogP contribution is 2.39. The molecule has 4 rings (SSSR count). The number of carbonyl (C=O) groups is 2. The highest BCUT2D eigenvalue weighted by Gasteiger charge is 2.28. The Kier molecular flexibility index (Phi) is 7.25. The van der Waals surface area contributed by atoms with Crippen molar-refractivity contribution in [2.24, 2.45) is 0 Å². The van der Waals surface area contributed by atoms with Gasteiger partial charge in [0.25, 0.3) is 0 Å². The highest BCUT2D eigenvalue weighted by molar-refractivity contribution is 5.97. The number of Topliss-reactive ketones (excluding diaryl/α,β-unsaturated/α-hetero) is 1. The molecule has 200 valence electrons. The molecule has 0 saturated carbocycles. The molecule has 0 unspecified atom stereocenters. The van der Waals surface area contributed by atoms with E-state index in [0.29, 0.717) is 5.56 Å². The van der Waals surface area contributed by atoms with E-state index in [1.807, 2.05) is 52.0 Å². The lowest BCUT2D eigenvalue weighted by molar-refractivity contribution is 0.0694. The molecule has 0 bridgehead atoms. The summed E-state index contributed by atoms with van der Waals surface area (Å²) in [4.78, 5) is 24.9. The van der Waals surface area contributed by atoms with E-state index in [9.17, 15) is 24.9 Å². The third-order valence-corrected chi connectivity index (χ3v) is 7.41. The van der Waals surface area contributed by atoms with E-state index in [0.717, 1.165) is 22.3 Å². The Morgan fingerprint density at radius 3 is 1.33 bits per heavy atom. The lowest BCUT2D eigenvalue weighted by Gasteiger charge is -2.28. The van der Waals surface area contributed by atoms with E-state index in [2.05, 4.69) is 0 Å². The van der Waals surface area contributed by atoms with Gasteiger partial charge in [0.1, 0.15) is 28.6 Å². The number of ether oxygens (including phenoxy) is 1. The van der Waals surface area contributed by atoms with Gasteiger partial charge in [-0.1, -0.05) is 64.1 Å². The van der Waals surface area contributed by atoms with Crippen molar-refractivity contribution < 1.29 is 29.6 Å². The van der Waals surface area contributed by atoms with Crippen molar-refractivity contribution >= 4 is 11.8 Å². The molecule has 0 aliphatic rings. The molecular weight excluding hydrogens is 492 g/mol. The second-order valence-corrected chi connectivity index (χ2v) is 10.7. The van der Waals surface area contributed by atoms with Crippen molar-refractivity contribution in [2.45, 2.75) is 45.4 Å². The second kappa shape index (κ2) is 10.3. The third-order valence-electron chi connectivity index (χ3n) is 7.41. The van der Waals surface area contributed by atoms with Crippen molar-refractivity contribution in [3.63, 3.8) is 0 Å². The predicted molar refractivity (Wildman–Crippen MR) is 150 cm³/mol. The van der Waals surface area contributed by atoms with E-state index in [-0.39, 0.29) is 34.3 Å². The number of carboxylic acid groups (broad SMARTS) is 1. The first-order valence-corrected chi connectivity index (χ1v) is 12.6. The van der Waals surface area contributed by atoms with Crippen LogP contribution in [-0.4, -0.2) is 27.1 Å². The summed E-state index contributed by atoms with van der Waals surface area (Å²) in [7, 11) is 0. The fraction of sp³-hybridized carbons (Fsp3) is 0.212. The van der Waals surface area contributed by atoms with E-state index in [1.165, 1.54) is 6.92 Å². The fourth-order valence-electron chi connectivity index (χ4n) is 4.67. The zero-order valence-electron chi connectivity index (χ0n) is 22.6. The van der Waals surface area contributed by atoms with Crippen LogP contribution in [0.3, 0.4) is 0 Å². The summed E-state index contributed by atoms with van der Waals surface area (Å²) < 4.78 is 6.07. The van der Waals surface area contributed by atoms with Gasteiger partial charge in [-0.2, -0.15) is 0 Å². The van der Waals surface area contributed by atoms with Crippen LogP contribution in [0.25, 0.3) is 0 Å². The average molecular weight is 525 g/mol. The highest BCUT2D eigenvalue weighted by atomic mass is 16.5. The first-order valence-electron chi connectivity index (χ1n) is 12.6. The number of carbonyl (C=O) groups excluding carboxylic acids is 1. The van der Waals surface area contributed by atoms with Crippen molar-refractivity contribution in [1.29, 1.82) is 0 Å². The van der Waals surface area contributed by atoms with Crippen molar-refractivity contribution in [3.05, 3.63) is 118 Å². The second-order valence-electron chi connectivity index (χ2n) is 10.7. The fourth-order valence-corrected chi connectivity index (χ4v) is 4.67. The average Bonchev–Trinajstić information content (AvgIpc) is 2.89. The number of aromatic hydroxyl groups is 2. The number of aromatic carboxylic acids is 1. The maximum atomic E-state index is 12.7. The molecule has 4 aromatic rings. The summed E-state index contributed by atoms with van der Waals surface area (Å²) in [6.45, 7) is 9.44. The standard InChI is InChI=1S/C33H32O6/c1-20(34)27-18-23(32(2,3)21-6-12-25(35)13-7-21)10-16-29(27)39-30-17-11-24(19-28(30)31(37)38)33(4,5)22-8-14-26(36)15-9-22/h6-19,35-36H,1-5H3,(H,37,38). The molecule has 0 amide bonds. The minimum absolute atomic E-state index is 0.0256. The van der Waals surface area contributed by atoms with Gasteiger partial charge in [-0.15, -0.1) is 0 Å². The molecule has 4 aromatic carbocycles. The Bertz CT molecular complexity index is 1410. The van der Waals surface area contributed by atoms with Crippen molar-refractivity contribution in [1.82, 2.24) is 0 Å². The Balaban J connectivity index is 1.72. The van der Waals surface area contributed by atoms with E-state index >= 15 is 0 Å².